The van der Waals surface area contributed by atoms with Gasteiger partial charge < -0.3 is 30.6 Å². The topological polar surface area (TPSA) is 150 Å². The number of para-hydroxylation sites is 1. The van der Waals surface area contributed by atoms with Gasteiger partial charge in [0.2, 0.25) is 5.91 Å². The molecule has 1 aliphatic rings. The van der Waals surface area contributed by atoms with Gasteiger partial charge in [0.1, 0.15) is 5.82 Å². The molecule has 4 rings (SSSR count). The van der Waals surface area contributed by atoms with Crippen LogP contribution in [0.2, 0.25) is 0 Å². The Labute approximate surface area is 213 Å². The van der Waals surface area contributed by atoms with Crippen LogP contribution in [0, 0.1) is 11.7 Å². The van der Waals surface area contributed by atoms with Gasteiger partial charge in [-0.2, -0.15) is 0 Å². The fourth-order valence-electron chi connectivity index (χ4n) is 4.40. The van der Waals surface area contributed by atoms with E-state index in [1.165, 1.54) is 17.7 Å². The second-order valence-electron chi connectivity index (χ2n) is 9.16. The lowest BCUT2D eigenvalue weighted by Crippen LogP contribution is -2.35. The molecule has 0 saturated heterocycles. The fraction of sp³-hybridized carbons (Fsp3) is 0.385. The van der Waals surface area contributed by atoms with E-state index < -0.39 is 17.8 Å². The number of aliphatic hydroxyl groups is 2. The molecule has 5 N–H and O–H groups in total. The van der Waals surface area contributed by atoms with E-state index in [0.717, 1.165) is 25.7 Å². The molecule has 1 aliphatic carbocycles. The van der Waals surface area contributed by atoms with Crippen LogP contribution in [0.4, 0.5) is 21.8 Å². The predicted molar refractivity (Wildman–Crippen MR) is 134 cm³/mol. The summed E-state index contributed by atoms with van der Waals surface area (Å²) in [6.45, 7) is -0.313. The van der Waals surface area contributed by atoms with Crippen molar-refractivity contribution in [1.29, 1.82) is 0 Å². The van der Waals surface area contributed by atoms with E-state index in [1.807, 2.05) is 24.3 Å². The minimum atomic E-state index is -0.931. The summed E-state index contributed by atoms with van der Waals surface area (Å²) < 4.78 is 19.1. The summed E-state index contributed by atoms with van der Waals surface area (Å²) in [6.07, 6.45) is 3.27. The van der Waals surface area contributed by atoms with Gasteiger partial charge in [-0.25, -0.2) is 4.39 Å². The zero-order chi connectivity index (χ0) is 26.2. The molecule has 1 atom stereocenters. The van der Waals surface area contributed by atoms with Crippen molar-refractivity contribution in [2.75, 3.05) is 23.8 Å². The van der Waals surface area contributed by atoms with Crippen LogP contribution in [-0.2, 0) is 4.79 Å². The van der Waals surface area contributed by atoms with Crippen molar-refractivity contribution in [3.63, 3.8) is 0 Å². The lowest BCUT2D eigenvalue weighted by Gasteiger charge is -2.28. The van der Waals surface area contributed by atoms with Crippen LogP contribution in [0.15, 0.2) is 52.9 Å². The number of nitrogens with one attached hydrogen (secondary N) is 3. The van der Waals surface area contributed by atoms with Gasteiger partial charge in [-0.3, -0.25) is 9.59 Å². The Balaban J connectivity index is 1.24. The Hall–Kier alpha value is -3.83. The number of hydrogen-bond donors (Lipinski definition) is 5. The molecule has 3 aromatic rings. The third-order valence-electron chi connectivity index (χ3n) is 6.44. The summed E-state index contributed by atoms with van der Waals surface area (Å²) in [5, 5.41) is 33.6. The smallest absolute Gasteiger partial charge is 0.320 e. The van der Waals surface area contributed by atoms with Crippen LogP contribution < -0.4 is 16.0 Å². The maximum Gasteiger partial charge on any atom is 0.320 e. The van der Waals surface area contributed by atoms with Crippen molar-refractivity contribution >= 4 is 29.2 Å². The van der Waals surface area contributed by atoms with Crippen LogP contribution in [0.1, 0.15) is 54.3 Å². The van der Waals surface area contributed by atoms with Crippen molar-refractivity contribution < 1.29 is 28.6 Å². The van der Waals surface area contributed by atoms with Gasteiger partial charge >= 0.3 is 17.8 Å². The van der Waals surface area contributed by atoms with Crippen molar-refractivity contribution in [3.8, 4) is 0 Å². The molecular weight excluding hydrogens is 481 g/mol. The number of hydrogen-bond acceptors (Lipinski definition) is 8. The number of benzene rings is 2. The number of rotatable bonds is 10. The van der Waals surface area contributed by atoms with E-state index in [0.29, 0.717) is 23.9 Å². The highest BCUT2D eigenvalue weighted by Crippen LogP contribution is 2.37. The van der Waals surface area contributed by atoms with Gasteiger partial charge in [-0.15, -0.1) is 5.10 Å². The number of anilines is 3. The molecular formula is C26H30FN5O5. The zero-order valence-corrected chi connectivity index (χ0v) is 20.2. The first kappa shape index (κ1) is 26.2. The van der Waals surface area contributed by atoms with E-state index >= 15 is 0 Å². The Morgan fingerprint density at radius 1 is 1.05 bits per heavy atom. The molecule has 0 radical (unpaired) electrons. The maximum absolute atomic E-state index is 13.8. The van der Waals surface area contributed by atoms with Crippen molar-refractivity contribution in [3.05, 3.63) is 65.8 Å². The number of amides is 2. The standard InChI is InChI=1S/C26H30FN5O5/c27-21-3-1-2-4-22(21)30-26-32-31-25(37-26)24(36)29-19-11-9-18(10-12-19)17-7-5-16(6-8-17)13-23(35)28-14-20(34)15-33/h1-4,9-12,16-17,20,33-34H,5-8,13-15H2,(H,28,35)(H,29,36)(H,30,32). The molecule has 2 amide bonds. The van der Waals surface area contributed by atoms with E-state index in [2.05, 4.69) is 26.1 Å². The second-order valence-corrected chi connectivity index (χ2v) is 9.16. The highest BCUT2D eigenvalue weighted by atomic mass is 19.1. The molecule has 1 heterocycles. The van der Waals surface area contributed by atoms with Gasteiger partial charge in [0.15, 0.2) is 0 Å². The van der Waals surface area contributed by atoms with Gasteiger partial charge in [0, 0.05) is 18.7 Å². The highest BCUT2D eigenvalue weighted by Gasteiger charge is 2.24. The number of carbonyl (C=O) groups excluding carboxylic acids is 2. The van der Waals surface area contributed by atoms with Gasteiger partial charge in [0.25, 0.3) is 0 Å². The highest BCUT2D eigenvalue weighted by molar-refractivity contribution is 6.00. The van der Waals surface area contributed by atoms with Gasteiger partial charge in [-0.1, -0.05) is 29.4 Å². The van der Waals surface area contributed by atoms with E-state index in [-0.39, 0.29) is 36.7 Å². The van der Waals surface area contributed by atoms with Crippen molar-refractivity contribution in [2.45, 2.75) is 44.1 Å². The average Bonchev–Trinajstić information content (AvgIpc) is 3.38. The molecule has 1 unspecified atom stereocenters. The first-order chi connectivity index (χ1) is 17.9. The van der Waals surface area contributed by atoms with Crippen LogP contribution in [0.3, 0.4) is 0 Å². The van der Waals surface area contributed by atoms with E-state index in [9.17, 15) is 19.1 Å². The summed E-state index contributed by atoms with van der Waals surface area (Å²) in [5.41, 5.74) is 1.90. The number of aromatic nitrogens is 2. The van der Waals surface area contributed by atoms with E-state index in [1.54, 1.807) is 12.1 Å². The third-order valence-corrected chi connectivity index (χ3v) is 6.44. The summed E-state index contributed by atoms with van der Waals surface area (Å²) in [5.74, 6) is -0.743. The van der Waals surface area contributed by atoms with Crippen LogP contribution >= 0.6 is 0 Å². The van der Waals surface area contributed by atoms with E-state index in [4.69, 9.17) is 9.52 Å². The number of nitrogens with zero attached hydrogens (tertiary/aromatic N) is 2. The molecule has 1 aromatic heterocycles. The lowest BCUT2D eigenvalue weighted by atomic mass is 9.77. The molecule has 2 aromatic carbocycles. The predicted octanol–water partition coefficient (Wildman–Crippen LogP) is 3.34. The number of halogens is 1. The Morgan fingerprint density at radius 2 is 1.78 bits per heavy atom. The molecule has 0 bridgehead atoms. The largest absolute Gasteiger partial charge is 0.399 e. The molecule has 37 heavy (non-hydrogen) atoms. The lowest BCUT2D eigenvalue weighted by molar-refractivity contribution is -0.122. The Bertz CT molecular complexity index is 1190. The summed E-state index contributed by atoms with van der Waals surface area (Å²) in [6, 6.07) is 13.5. The molecule has 1 saturated carbocycles. The van der Waals surface area contributed by atoms with Crippen molar-refractivity contribution in [1.82, 2.24) is 15.5 Å². The average molecular weight is 512 g/mol. The molecule has 196 valence electrons. The zero-order valence-electron chi connectivity index (χ0n) is 20.2. The first-order valence-electron chi connectivity index (χ1n) is 12.2. The van der Waals surface area contributed by atoms with Gasteiger partial charge in [-0.05, 0) is 67.3 Å². The molecule has 0 aliphatic heterocycles. The molecule has 1 fully saturated rings. The SMILES string of the molecule is O=C(CC1CCC(c2ccc(NC(=O)c3nnc(Nc4ccccc4F)o3)cc2)CC1)NCC(O)CO. The summed E-state index contributed by atoms with van der Waals surface area (Å²) in [4.78, 5) is 24.5. The minimum absolute atomic E-state index is 0.0613. The molecule has 10 nitrogen and oxygen atoms in total. The summed E-state index contributed by atoms with van der Waals surface area (Å²) >= 11 is 0. The van der Waals surface area contributed by atoms with Crippen molar-refractivity contribution in [2.24, 2.45) is 5.92 Å². The quantitative estimate of drug-likeness (QED) is 0.278. The monoisotopic (exact) mass is 511 g/mol. The summed E-state index contributed by atoms with van der Waals surface area (Å²) in [7, 11) is 0. The van der Waals surface area contributed by atoms with Crippen LogP contribution in [-0.4, -0.2) is 51.5 Å². The first-order valence-corrected chi connectivity index (χ1v) is 12.2. The normalized spacial score (nSPS) is 18.1. The second kappa shape index (κ2) is 12.4. The Morgan fingerprint density at radius 3 is 2.49 bits per heavy atom. The number of carbonyl (C=O) groups is 2. The minimum Gasteiger partial charge on any atom is -0.399 e. The number of aliphatic hydroxyl groups excluding tert-OH is 2. The maximum atomic E-state index is 13.8. The van der Waals surface area contributed by atoms with Crippen LogP contribution in [0.5, 0.6) is 0 Å². The molecule has 0 spiro atoms. The molecule has 11 heteroatoms. The van der Waals surface area contributed by atoms with Crippen LogP contribution in [0.25, 0.3) is 0 Å². The van der Waals surface area contributed by atoms with Gasteiger partial charge in [0.05, 0.1) is 18.4 Å². The fourth-order valence-corrected chi connectivity index (χ4v) is 4.40. The third kappa shape index (κ3) is 7.34. The Kier molecular flexibility index (Phi) is 8.81.